The summed E-state index contributed by atoms with van der Waals surface area (Å²) in [6, 6.07) is 14.3. The highest BCUT2D eigenvalue weighted by Crippen LogP contribution is 2.20. The van der Waals surface area contributed by atoms with Crippen LogP contribution < -0.4 is 16.0 Å². The largest absolute Gasteiger partial charge is 0.355 e. The van der Waals surface area contributed by atoms with Gasteiger partial charge in [-0.2, -0.15) is 0 Å². The molecule has 4 N–H and O–H groups in total. The molecular formula is C22H29FN3O2+. The zero-order valence-electron chi connectivity index (χ0n) is 16.5. The van der Waals surface area contributed by atoms with Crippen LogP contribution in [0.2, 0.25) is 0 Å². The molecule has 0 aliphatic rings. The fourth-order valence-electron chi connectivity index (χ4n) is 2.93. The molecule has 0 aromatic heterocycles. The fourth-order valence-corrected chi connectivity index (χ4v) is 2.93. The van der Waals surface area contributed by atoms with Crippen LogP contribution in [0.15, 0.2) is 48.5 Å². The first-order valence-electron chi connectivity index (χ1n) is 9.74. The van der Waals surface area contributed by atoms with Crippen molar-refractivity contribution in [3.63, 3.8) is 0 Å². The Kier molecular flexibility index (Phi) is 8.62. The molecule has 28 heavy (non-hydrogen) atoms. The van der Waals surface area contributed by atoms with E-state index in [4.69, 9.17) is 0 Å². The summed E-state index contributed by atoms with van der Waals surface area (Å²) < 4.78 is 13.7. The number of benzene rings is 2. The summed E-state index contributed by atoms with van der Waals surface area (Å²) in [4.78, 5) is 23.8. The number of hydrogen-bond acceptors (Lipinski definition) is 2. The molecule has 0 fully saturated rings. The highest BCUT2D eigenvalue weighted by Gasteiger charge is 2.20. The monoisotopic (exact) mass is 386 g/mol. The number of hydrogen-bond donors (Lipinski definition) is 3. The van der Waals surface area contributed by atoms with Crippen molar-refractivity contribution in [1.29, 1.82) is 0 Å². The van der Waals surface area contributed by atoms with Crippen LogP contribution in [0.25, 0.3) is 0 Å². The number of halogens is 1. The average molecular weight is 386 g/mol. The van der Waals surface area contributed by atoms with Crippen LogP contribution in [0.5, 0.6) is 0 Å². The first kappa shape index (κ1) is 21.6. The smallest absolute Gasteiger partial charge is 0.275 e. The van der Waals surface area contributed by atoms with E-state index in [1.54, 1.807) is 6.07 Å². The molecular weight excluding hydrogens is 357 g/mol. The van der Waals surface area contributed by atoms with Gasteiger partial charge < -0.3 is 16.0 Å². The molecule has 0 aliphatic carbocycles. The molecule has 6 heteroatoms. The van der Waals surface area contributed by atoms with Crippen LogP contribution in [0, 0.1) is 5.82 Å². The maximum Gasteiger partial charge on any atom is 0.275 e. The van der Waals surface area contributed by atoms with Gasteiger partial charge in [0.1, 0.15) is 11.9 Å². The SMILES string of the molecule is CCCNC(=O)CNC(=O)C[NH2+][C@H](c1ccc(CC)cc1)c1cccc(F)c1. The van der Waals surface area contributed by atoms with Crippen molar-refractivity contribution >= 4 is 11.8 Å². The molecule has 2 aromatic carbocycles. The van der Waals surface area contributed by atoms with E-state index in [9.17, 15) is 14.0 Å². The highest BCUT2D eigenvalue weighted by molar-refractivity contribution is 5.84. The van der Waals surface area contributed by atoms with E-state index in [-0.39, 0.29) is 36.8 Å². The number of aryl methyl sites for hydroxylation is 1. The molecule has 5 nitrogen and oxygen atoms in total. The quantitative estimate of drug-likeness (QED) is 0.581. The van der Waals surface area contributed by atoms with Gasteiger partial charge in [0.2, 0.25) is 5.91 Å². The van der Waals surface area contributed by atoms with Gasteiger partial charge in [-0.15, -0.1) is 0 Å². The Balaban J connectivity index is 2.03. The number of amides is 2. The van der Waals surface area contributed by atoms with Gasteiger partial charge in [0.15, 0.2) is 6.54 Å². The third-order valence-corrected chi connectivity index (χ3v) is 4.51. The topological polar surface area (TPSA) is 74.8 Å². The lowest BCUT2D eigenvalue weighted by Gasteiger charge is -2.17. The van der Waals surface area contributed by atoms with Gasteiger partial charge in [-0.05, 0) is 30.5 Å². The van der Waals surface area contributed by atoms with E-state index in [1.165, 1.54) is 17.7 Å². The third-order valence-electron chi connectivity index (χ3n) is 4.51. The van der Waals surface area contributed by atoms with Crippen molar-refractivity contribution in [2.75, 3.05) is 19.6 Å². The van der Waals surface area contributed by atoms with Crippen LogP contribution >= 0.6 is 0 Å². The molecule has 0 radical (unpaired) electrons. The first-order valence-corrected chi connectivity index (χ1v) is 9.74. The van der Waals surface area contributed by atoms with E-state index in [1.807, 2.05) is 42.6 Å². The zero-order valence-corrected chi connectivity index (χ0v) is 16.5. The van der Waals surface area contributed by atoms with E-state index < -0.39 is 0 Å². The minimum Gasteiger partial charge on any atom is -0.355 e. The lowest BCUT2D eigenvalue weighted by Crippen LogP contribution is -2.87. The van der Waals surface area contributed by atoms with E-state index in [0.717, 1.165) is 24.0 Å². The van der Waals surface area contributed by atoms with E-state index in [0.29, 0.717) is 6.54 Å². The Morgan fingerprint density at radius 2 is 1.75 bits per heavy atom. The fraction of sp³-hybridized carbons (Fsp3) is 0.364. The maximum absolute atomic E-state index is 13.7. The summed E-state index contributed by atoms with van der Waals surface area (Å²) in [5.74, 6) is -0.747. The van der Waals surface area contributed by atoms with Gasteiger partial charge in [0.25, 0.3) is 5.91 Å². The standard InChI is InChI=1S/C22H28FN3O2/c1-3-12-24-20(27)14-25-21(28)15-26-22(18-6-5-7-19(23)13-18)17-10-8-16(4-2)9-11-17/h5-11,13,22,26H,3-4,12,14-15H2,1-2H3,(H,24,27)(H,25,28)/p+1/t22-/m1/s1. The van der Waals surface area contributed by atoms with Gasteiger partial charge in [0, 0.05) is 17.7 Å². The highest BCUT2D eigenvalue weighted by atomic mass is 19.1. The van der Waals surface area contributed by atoms with Crippen LogP contribution in [-0.2, 0) is 16.0 Å². The Labute approximate surface area is 165 Å². The van der Waals surface area contributed by atoms with Gasteiger partial charge in [-0.3, -0.25) is 9.59 Å². The number of carbonyl (C=O) groups excluding carboxylic acids is 2. The Bertz CT molecular complexity index is 778. The predicted octanol–water partition coefficient (Wildman–Crippen LogP) is 1.68. The summed E-state index contributed by atoms with van der Waals surface area (Å²) in [6.45, 7) is 4.75. The van der Waals surface area contributed by atoms with Crippen molar-refractivity contribution < 1.29 is 19.3 Å². The van der Waals surface area contributed by atoms with Crippen LogP contribution in [-0.4, -0.2) is 31.4 Å². The number of nitrogens with two attached hydrogens (primary N) is 1. The van der Waals surface area contributed by atoms with Gasteiger partial charge in [0.05, 0.1) is 6.54 Å². The second-order valence-electron chi connectivity index (χ2n) is 6.69. The molecule has 2 rings (SSSR count). The number of quaternary nitrogens is 1. The van der Waals surface area contributed by atoms with E-state index >= 15 is 0 Å². The van der Waals surface area contributed by atoms with Crippen molar-refractivity contribution in [2.24, 2.45) is 0 Å². The minimum atomic E-state index is -0.307. The molecule has 0 spiro atoms. The van der Waals surface area contributed by atoms with Crippen molar-refractivity contribution in [3.8, 4) is 0 Å². The first-order chi connectivity index (χ1) is 13.5. The summed E-state index contributed by atoms with van der Waals surface area (Å²) in [6.07, 6.45) is 1.79. The van der Waals surface area contributed by atoms with Crippen LogP contribution in [0.4, 0.5) is 4.39 Å². The summed E-state index contributed by atoms with van der Waals surface area (Å²) in [5.41, 5.74) is 3.01. The molecule has 150 valence electrons. The van der Waals surface area contributed by atoms with Gasteiger partial charge in [-0.1, -0.05) is 50.2 Å². The second kappa shape index (κ2) is 11.2. The van der Waals surface area contributed by atoms with Crippen LogP contribution in [0.1, 0.15) is 43.0 Å². The van der Waals surface area contributed by atoms with E-state index in [2.05, 4.69) is 17.6 Å². The predicted molar refractivity (Wildman–Crippen MR) is 107 cm³/mol. The average Bonchev–Trinajstić information content (AvgIpc) is 2.71. The van der Waals surface area contributed by atoms with Crippen molar-refractivity contribution in [1.82, 2.24) is 10.6 Å². The van der Waals surface area contributed by atoms with Crippen LogP contribution in [0.3, 0.4) is 0 Å². The summed E-state index contributed by atoms with van der Waals surface area (Å²) >= 11 is 0. The number of carbonyl (C=O) groups is 2. The molecule has 2 amide bonds. The lowest BCUT2D eigenvalue weighted by molar-refractivity contribution is -0.676. The van der Waals surface area contributed by atoms with Crippen molar-refractivity contribution in [3.05, 3.63) is 71.0 Å². The molecule has 0 aliphatic heterocycles. The molecule has 2 aromatic rings. The van der Waals surface area contributed by atoms with Crippen molar-refractivity contribution in [2.45, 2.75) is 32.7 Å². The summed E-state index contributed by atoms with van der Waals surface area (Å²) in [5, 5.41) is 7.19. The minimum absolute atomic E-state index is 0.0392. The molecule has 0 unspecified atom stereocenters. The Hall–Kier alpha value is -2.73. The zero-order chi connectivity index (χ0) is 20.4. The Morgan fingerprint density at radius 1 is 1.00 bits per heavy atom. The maximum atomic E-state index is 13.7. The molecule has 0 heterocycles. The Morgan fingerprint density at radius 3 is 2.39 bits per heavy atom. The molecule has 1 atom stereocenters. The number of nitrogens with one attached hydrogen (secondary N) is 2. The third kappa shape index (κ3) is 6.78. The lowest BCUT2D eigenvalue weighted by atomic mass is 9.97. The molecule has 0 saturated heterocycles. The normalized spacial score (nSPS) is 11.7. The number of rotatable bonds is 10. The van der Waals surface area contributed by atoms with Gasteiger partial charge in [-0.25, -0.2) is 4.39 Å². The second-order valence-corrected chi connectivity index (χ2v) is 6.69. The summed E-state index contributed by atoms with van der Waals surface area (Å²) in [7, 11) is 0. The molecule has 0 saturated carbocycles. The molecule has 0 bridgehead atoms. The van der Waals surface area contributed by atoms with Gasteiger partial charge >= 0.3 is 0 Å².